The van der Waals surface area contributed by atoms with Crippen LogP contribution in [0.15, 0.2) is 40.4 Å². The number of rotatable bonds is 21. The molecule has 1 aromatic carbocycles. The summed E-state index contributed by atoms with van der Waals surface area (Å²) in [6.07, 6.45) is 1.41. The topological polar surface area (TPSA) is 238 Å². The molecule has 18 heteroatoms. The number of likely N-dealkylation sites (N-methyl/N-ethyl adjacent to an activating group) is 1. The number of aromatic hydroxyl groups is 1. The molecule has 6 N–H and O–H groups in total. The number of Topliss-reactive ketones (excluding diaryl/α,β-unsaturated/α-hetero) is 2. The van der Waals surface area contributed by atoms with Gasteiger partial charge in [0.05, 0.1) is 53.5 Å². The van der Waals surface area contributed by atoms with Gasteiger partial charge >= 0.3 is 11.8 Å². The van der Waals surface area contributed by atoms with Crippen molar-refractivity contribution in [3.8, 4) is 11.5 Å². The summed E-state index contributed by atoms with van der Waals surface area (Å²) >= 11 is 0. The Labute approximate surface area is 400 Å². The molecule has 1 fully saturated rings. The van der Waals surface area contributed by atoms with E-state index < -0.39 is 82.8 Å². The van der Waals surface area contributed by atoms with Gasteiger partial charge in [0, 0.05) is 100 Å². The zero-order valence-corrected chi connectivity index (χ0v) is 42.1. The van der Waals surface area contributed by atoms with Crippen LogP contribution < -0.4 is 20.7 Å². The molecule has 0 saturated carbocycles. The van der Waals surface area contributed by atoms with E-state index in [1.165, 1.54) is 33.3 Å². The summed E-state index contributed by atoms with van der Waals surface area (Å²) < 4.78 is 24.3. The molecule has 68 heavy (non-hydrogen) atoms. The Morgan fingerprint density at radius 2 is 1.66 bits per heavy atom. The number of phenolic OH excluding ortho intramolecular Hbond substituents is 1. The number of hydrogen-bond acceptors (Lipinski definition) is 16. The molecule has 3 aliphatic heterocycles. The lowest BCUT2D eigenvalue weighted by Gasteiger charge is -2.38. The maximum atomic E-state index is 14.8. The molecule has 18 nitrogen and oxygen atoms in total. The summed E-state index contributed by atoms with van der Waals surface area (Å²) in [4.78, 5) is 78.0. The summed E-state index contributed by atoms with van der Waals surface area (Å²) in [6.45, 7) is 20.7. The van der Waals surface area contributed by atoms with Gasteiger partial charge < -0.3 is 60.0 Å². The number of piperidine rings is 1. The number of nitrogens with zero attached hydrogens (tertiary/aromatic N) is 3. The molecule has 1 spiro atoms. The van der Waals surface area contributed by atoms with Crippen LogP contribution in [0, 0.1) is 30.6 Å². The number of methoxy groups -OCH3 is 1. The predicted octanol–water partition coefficient (Wildman–Crippen LogP) is 3.89. The molecule has 1 aliphatic carbocycles. The van der Waals surface area contributed by atoms with Crippen LogP contribution in [0.1, 0.15) is 120 Å². The fraction of sp³-hybridized carbons (Fsp3) is 0.640. The van der Waals surface area contributed by atoms with Crippen molar-refractivity contribution >= 4 is 35.1 Å². The van der Waals surface area contributed by atoms with Gasteiger partial charge in [-0.25, -0.2) is 0 Å². The Bertz CT molecular complexity index is 2220. The summed E-state index contributed by atoms with van der Waals surface area (Å²) in [5.41, 5.74) is -0.0817. The molecule has 5 rings (SSSR count). The van der Waals surface area contributed by atoms with E-state index in [0.717, 1.165) is 6.54 Å². The van der Waals surface area contributed by atoms with Gasteiger partial charge in [0.25, 0.3) is 11.7 Å². The van der Waals surface area contributed by atoms with Crippen molar-refractivity contribution in [2.45, 2.75) is 131 Å². The Kier molecular flexibility index (Phi) is 17.5. The van der Waals surface area contributed by atoms with Crippen LogP contribution in [0.4, 0.5) is 0 Å². The Morgan fingerprint density at radius 3 is 2.25 bits per heavy atom. The van der Waals surface area contributed by atoms with Gasteiger partial charge in [-0.05, 0) is 53.8 Å². The zero-order valence-electron chi connectivity index (χ0n) is 42.1. The molecule has 376 valence electrons. The maximum Gasteiger partial charge on any atom is 0.312 e. The molecular formula is C50H74N6O12. The van der Waals surface area contributed by atoms with Gasteiger partial charge in [0.15, 0.2) is 0 Å². The van der Waals surface area contributed by atoms with Gasteiger partial charge in [-0.2, -0.15) is 0 Å². The van der Waals surface area contributed by atoms with E-state index in [1.54, 1.807) is 47.6 Å². The quantitative estimate of drug-likeness (QED) is 0.0583. The second kappa shape index (κ2) is 22.1. The number of hydrogen-bond donors (Lipinski definition) is 6. The first-order valence-electron chi connectivity index (χ1n) is 23.7. The molecular weight excluding hydrogens is 877 g/mol. The third kappa shape index (κ3) is 11.5. The third-order valence-corrected chi connectivity index (χ3v) is 13.7. The molecule has 0 unspecified atom stereocenters. The van der Waals surface area contributed by atoms with Gasteiger partial charge in [-0.1, -0.05) is 40.7 Å². The van der Waals surface area contributed by atoms with Gasteiger partial charge in [0.2, 0.25) is 11.7 Å². The molecule has 3 heterocycles. The van der Waals surface area contributed by atoms with Crippen molar-refractivity contribution in [3.63, 3.8) is 0 Å². The molecule has 1 aromatic rings. The number of carbonyl (C=O) groups is 5. The number of phenols is 1. The lowest BCUT2D eigenvalue weighted by molar-refractivity contribution is -0.163. The number of ketones is 2. The van der Waals surface area contributed by atoms with Crippen molar-refractivity contribution < 1.29 is 58.2 Å². The number of amides is 2. The number of carbonyl (C=O) groups excluding carboxylic acids is 5. The van der Waals surface area contributed by atoms with Crippen LogP contribution in [0.3, 0.4) is 0 Å². The number of aliphatic hydroxyl groups is 2. The van der Waals surface area contributed by atoms with Crippen LogP contribution in [-0.4, -0.2) is 150 Å². The molecule has 0 radical (unpaired) electrons. The minimum absolute atomic E-state index is 0.00649. The first-order chi connectivity index (χ1) is 31.9. The van der Waals surface area contributed by atoms with Gasteiger partial charge in [-0.3, -0.25) is 29.0 Å². The Balaban J connectivity index is 1.45. The van der Waals surface area contributed by atoms with Crippen molar-refractivity contribution in [1.82, 2.24) is 25.8 Å². The maximum absolute atomic E-state index is 14.8. The summed E-state index contributed by atoms with van der Waals surface area (Å²) in [7, 11) is 5.20. The van der Waals surface area contributed by atoms with Crippen LogP contribution in [-0.2, 0) is 28.6 Å². The molecule has 2 amide bonds. The van der Waals surface area contributed by atoms with E-state index in [-0.39, 0.29) is 63.9 Å². The van der Waals surface area contributed by atoms with Gasteiger partial charge in [-0.15, -0.1) is 0 Å². The number of fused-ring (bicyclic) bond motifs is 5. The lowest BCUT2D eigenvalue weighted by atomic mass is 9.80. The summed E-state index contributed by atoms with van der Waals surface area (Å²) in [6, 6.07) is 0. The van der Waals surface area contributed by atoms with Crippen LogP contribution in [0.2, 0.25) is 0 Å². The lowest BCUT2D eigenvalue weighted by Crippen LogP contribution is -2.50. The van der Waals surface area contributed by atoms with E-state index >= 15 is 0 Å². The number of likely N-dealkylation sites (tertiary alicyclic amines) is 1. The van der Waals surface area contributed by atoms with E-state index in [1.807, 2.05) is 19.0 Å². The monoisotopic (exact) mass is 951 g/mol. The summed E-state index contributed by atoms with van der Waals surface area (Å²) in [5, 5.41) is 42.5. The Hall–Kier alpha value is -5.14. The average Bonchev–Trinajstić information content (AvgIpc) is 3.79. The van der Waals surface area contributed by atoms with E-state index in [4.69, 9.17) is 23.9 Å². The number of aliphatic hydroxyl groups excluding tert-OH is 2. The third-order valence-electron chi connectivity index (χ3n) is 13.7. The number of nitrogens with one attached hydrogen (secondary N) is 3. The molecule has 1 saturated heterocycles. The number of esters is 1. The predicted molar refractivity (Wildman–Crippen MR) is 255 cm³/mol. The largest absolute Gasteiger partial charge is 0.507 e. The highest BCUT2D eigenvalue weighted by Crippen LogP contribution is 2.50. The van der Waals surface area contributed by atoms with E-state index in [0.29, 0.717) is 50.5 Å². The molecule has 8 atom stereocenters. The number of aliphatic imine (C=N–C) groups is 1. The number of allylic oxidation sites excluding steroid dienone is 3. The van der Waals surface area contributed by atoms with E-state index in [9.17, 15) is 39.3 Å². The van der Waals surface area contributed by atoms with Gasteiger partial charge in [0.1, 0.15) is 29.0 Å². The fourth-order valence-corrected chi connectivity index (χ4v) is 9.19. The van der Waals surface area contributed by atoms with E-state index in [2.05, 4.69) is 34.7 Å². The minimum atomic E-state index is -2.02. The van der Waals surface area contributed by atoms with Crippen molar-refractivity contribution in [2.24, 2.45) is 28.7 Å². The first-order valence-corrected chi connectivity index (χ1v) is 23.7. The highest BCUT2D eigenvalue weighted by Gasteiger charge is 2.54. The fourth-order valence-electron chi connectivity index (χ4n) is 9.19. The number of benzene rings is 1. The standard InChI is InChI=1S/C50H74N6O12/c1-14-27(4)48(64)52-41-40-39(53-50(54-40)18-21-56(22-19-50)25-26(2)3)36-37(44(41)62)43(61)31(8)46-38(36)47(63)49(10,68-46)66-24-17-33(65-13)29(6)45(30(7)42(60)28(5)32(9)57)67-35(59)16-15-34(58)51-20-23-55(11)12/h14,17,24,26,28-30,32-33,42,45,54,57,60-61H,15-16,18-23,25H2,1-13H3,(H,51,58)(H,52,64)/b24-17+,27-14-/t28-,29-,30-,32+,33+,42-,45-,49+/m1/s1. The van der Waals surface area contributed by atoms with Crippen LogP contribution in [0.5, 0.6) is 11.5 Å². The molecule has 0 aromatic heterocycles. The highest BCUT2D eigenvalue weighted by atomic mass is 16.7. The SMILES string of the molecule is C/C=C(/C)C(=O)NC1=C2NC3(CCN(CC(C)C)CC3)N=C2c2c(c(O)c(C)c3c2C(=O)[C@@](C)(O/C=C/[C@H](OC)[C@@H](C)[C@@H](OC(=O)CCC(=O)NCCN(C)C)[C@H](C)[C@H](O)[C@H](C)[C@H](C)O)O3)C1=O. The second-order valence-electron chi connectivity index (χ2n) is 19.7. The highest BCUT2D eigenvalue weighted by molar-refractivity contribution is 6.34. The molecule has 0 bridgehead atoms. The second-order valence-corrected chi connectivity index (χ2v) is 19.7. The van der Waals surface area contributed by atoms with Crippen molar-refractivity contribution in [3.05, 3.63) is 57.6 Å². The van der Waals surface area contributed by atoms with Crippen LogP contribution in [0.25, 0.3) is 0 Å². The van der Waals surface area contributed by atoms with Crippen molar-refractivity contribution in [2.75, 3.05) is 53.9 Å². The smallest absolute Gasteiger partial charge is 0.312 e. The Morgan fingerprint density at radius 1 is 1.00 bits per heavy atom. The number of ether oxygens (including phenoxy) is 4. The van der Waals surface area contributed by atoms with Crippen molar-refractivity contribution in [1.29, 1.82) is 0 Å². The summed E-state index contributed by atoms with van der Waals surface area (Å²) in [5.74, 6) is -6.76. The zero-order chi connectivity index (χ0) is 50.6. The van der Waals surface area contributed by atoms with Crippen LogP contribution >= 0.6 is 0 Å². The minimum Gasteiger partial charge on any atom is -0.507 e. The first kappa shape index (κ1) is 53.8. The average molecular weight is 951 g/mol. The molecule has 4 aliphatic rings. The normalized spacial score (nSPS) is 22.1.